The number of benzene rings is 2. The van der Waals surface area contributed by atoms with E-state index in [1.807, 2.05) is 0 Å². The van der Waals surface area contributed by atoms with E-state index in [9.17, 15) is 13.9 Å². The first-order valence-electron chi connectivity index (χ1n) is 10.6. The van der Waals surface area contributed by atoms with Gasteiger partial charge in [-0.25, -0.2) is 8.78 Å². The third-order valence-corrected chi connectivity index (χ3v) is 4.92. The van der Waals surface area contributed by atoms with Gasteiger partial charge in [0, 0.05) is 32.7 Å². The van der Waals surface area contributed by atoms with Gasteiger partial charge < -0.3 is 14.7 Å². The average molecular weight is 433 g/mol. The van der Waals surface area contributed by atoms with Crippen molar-refractivity contribution in [2.24, 2.45) is 11.1 Å². The van der Waals surface area contributed by atoms with Gasteiger partial charge in [-0.3, -0.25) is 4.90 Å². The fourth-order valence-corrected chi connectivity index (χ4v) is 3.47. The molecule has 168 valence electrons. The summed E-state index contributed by atoms with van der Waals surface area (Å²) in [6, 6.07) is 12.5. The monoisotopic (exact) mass is 432 g/mol. The van der Waals surface area contributed by atoms with E-state index in [1.165, 1.54) is 24.3 Å². The predicted octanol–water partition coefficient (Wildman–Crippen LogP) is 3.99. The van der Waals surface area contributed by atoms with Crippen LogP contribution in [0.2, 0.25) is 0 Å². The molecule has 0 spiro atoms. The van der Waals surface area contributed by atoms with Crippen LogP contribution in [-0.4, -0.2) is 54.2 Å². The van der Waals surface area contributed by atoms with Crippen LogP contribution in [0.1, 0.15) is 31.4 Å². The van der Waals surface area contributed by atoms with E-state index in [1.54, 1.807) is 24.3 Å². The number of oxime groups is 1. The van der Waals surface area contributed by atoms with Crippen LogP contribution in [0.4, 0.5) is 8.78 Å². The van der Waals surface area contributed by atoms with Crippen LogP contribution >= 0.6 is 0 Å². The Hall–Kier alpha value is -2.35. The van der Waals surface area contributed by atoms with Crippen molar-refractivity contribution in [3.05, 3.63) is 71.3 Å². The molecule has 2 aromatic carbocycles. The zero-order valence-electron chi connectivity index (χ0n) is 18.0. The molecule has 0 saturated heterocycles. The lowest BCUT2D eigenvalue weighted by atomic mass is 10.0. The summed E-state index contributed by atoms with van der Waals surface area (Å²) in [6.07, 6.45) is -0.256. The molecule has 31 heavy (non-hydrogen) atoms. The molecule has 0 aromatic heterocycles. The summed E-state index contributed by atoms with van der Waals surface area (Å²) in [5, 5.41) is 14.6. The average Bonchev–Trinajstić information content (AvgIpc) is 3.18. The second-order valence-corrected chi connectivity index (χ2v) is 8.38. The molecule has 2 atom stereocenters. The number of aliphatic hydroxyl groups excluding tert-OH is 1. The van der Waals surface area contributed by atoms with Crippen molar-refractivity contribution < 1.29 is 23.5 Å². The first-order chi connectivity index (χ1) is 14.9. The Morgan fingerprint density at radius 1 is 1.06 bits per heavy atom. The maximum atomic E-state index is 13.3. The number of halogens is 2. The highest BCUT2D eigenvalue weighted by molar-refractivity contribution is 6.01. The molecule has 3 rings (SSSR count). The molecule has 0 radical (unpaired) electrons. The number of hydrogen-bond acceptors (Lipinski definition) is 5. The van der Waals surface area contributed by atoms with Gasteiger partial charge in [-0.05, 0) is 41.3 Å². The zero-order chi connectivity index (χ0) is 22.2. The molecule has 5 nitrogen and oxygen atoms in total. The SMILES string of the molecule is CC(C)COC[C@@H](O)CN(Cc1ccc(F)cc1)C[C@@H]1CC(c2ccc(F)cc2)=NO1. The Bertz CT molecular complexity index is 841. The van der Waals surface area contributed by atoms with Crippen LogP contribution in [0.15, 0.2) is 53.7 Å². The number of hydrogen-bond donors (Lipinski definition) is 1. The molecule has 1 N–H and O–H groups in total. The fourth-order valence-electron chi connectivity index (χ4n) is 3.47. The van der Waals surface area contributed by atoms with Gasteiger partial charge in [0.15, 0.2) is 0 Å². The Labute approximate surface area is 182 Å². The Morgan fingerprint density at radius 2 is 1.71 bits per heavy atom. The normalized spacial score (nSPS) is 17.1. The summed E-state index contributed by atoms with van der Waals surface area (Å²) in [5.74, 6) is -0.177. The van der Waals surface area contributed by atoms with Crippen molar-refractivity contribution in [2.45, 2.75) is 39.0 Å². The van der Waals surface area contributed by atoms with Gasteiger partial charge in [0.25, 0.3) is 0 Å². The van der Waals surface area contributed by atoms with E-state index in [0.29, 0.717) is 38.6 Å². The van der Waals surface area contributed by atoms with Gasteiger partial charge in [-0.2, -0.15) is 0 Å². The Morgan fingerprint density at radius 3 is 2.35 bits per heavy atom. The highest BCUT2D eigenvalue weighted by atomic mass is 19.1. The van der Waals surface area contributed by atoms with Crippen molar-refractivity contribution in [2.75, 3.05) is 26.3 Å². The number of aliphatic hydroxyl groups is 1. The molecule has 0 saturated carbocycles. The van der Waals surface area contributed by atoms with Gasteiger partial charge in [-0.15, -0.1) is 0 Å². The Kier molecular flexibility index (Phi) is 8.51. The van der Waals surface area contributed by atoms with Crippen molar-refractivity contribution in [1.29, 1.82) is 0 Å². The number of nitrogens with zero attached hydrogens (tertiary/aromatic N) is 2. The molecule has 0 unspecified atom stereocenters. The lowest BCUT2D eigenvalue weighted by Crippen LogP contribution is -2.39. The molecule has 7 heteroatoms. The van der Waals surface area contributed by atoms with Gasteiger partial charge >= 0.3 is 0 Å². The van der Waals surface area contributed by atoms with E-state index in [-0.39, 0.29) is 24.3 Å². The number of ether oxygens (including phenoxy) is 1. The third kappa shape index (κ3) is 7.69. The van der Waals surface area contributed by atoms with Crippen LogP contribution in [0.3, 0.4) is 0 Å². The topological polar surface area (TPSA) is 54.3 Å². The highest BCUT2D eigenvalue weighted by Gasteiger charge is 2.26. The van der Waals surface area contributed by atoms with Gasteiger partial charge in [-0.1, -0.05) is 43.3 Å². The van der Waals surface area contributed by atoms with Gasteiger partial charge in [0.05, 0.1) is 18.4 Å². The van der Waals surface area contributed by atoms with Crippen LogP contribution in [0.25, 0.3) is 0 Å². The van der Waals surface area contributed by atoms with Crippen molar-refractivity contribution >= 4 is 5.71 Å². The summed E-state index contributed by atoms with van der Waals surface area (Å²) in [5.41, 5.74) is 2.54. The van der Waals surface area contributed by atoms with Gasteiger partial charge in [0.2, 0.25) is 0 Å². The number of rotatable bonds is 11. The largest absolute Gasteiger partial charge is 0.390 e. The predicted molar refractivity (Wildman–Crippen MR) is 116 cm³/mol. The van der Waals surface area contributed by atoms with Crippen LogP contribution in [-0.2, 0) is 16.1 Å². The van der Waals surface area contributed by atoms with Crippen molar-refractivity contribution in [3.8, 4) is 0 Å². The van der Waals surface area contributed by atoms with Crippen LogP contribution in [0.5, 0.6) is 0 Å². The third-order valence-electron chi connectivity index (χ3n) is 4.92. The minimum atomic E-state index is -0.655. The molecule has 1 aliphatic heterocycles. The lowest BCUT2D eigenvalue weighted by molar-refractivity contribution is -0.00734. The summed E-state index contributed by atoms with van der Waals surface area (Å²) < 4.78 is 32.0. The van der Waals surface area contributed by atoms with Crippen molar-refractivity contribution in [3.63, 3.8) is 0 Å². The Balaban J connectivity index is 1.59. The second-order valence-electron chi connectivity index (χ2n) is 8.38. The summed E-state index contributed by atoms with van der Waals surface area (Å²) in [7, 11) is 0. The maximum Gasteiger partial charge on any atom is 0.145 e. The molecule has 0 bridgehead atoms. The van der Waals surface area contributed by atoms with Crippen LogP contribution in [0, 0.1) is 17.6 Å². The zero-order valence-corrected chi connectivity index (χ0v) is 18.0. The van der Waals surface area contributed by atoms with Crippen LogP contribution < -0.4 is 0 Å². The minimum Gasteiger partial charge on any atom is -0.390 e. The molecule has 2 aromatic rings. The summed E-state index contributed by atoms with van der Waals surface area (Å²) in [6.45, 7) is 6.42. The molecule has 0 amide bonds. The van der Waals surface area contributed by atoms with Gasteiger partial charge in [0.1, 0.15) is 17.7 Å². The molecular formula is C24H30F2N2O3. The van der Waals surface area contributed by atoms with Crippen molar-refractivity contribution in [1.82, 2.24) is 4.90 Å². The molecule has 0 fully saturated rings. The first-order valence-corrected chi connectivity index (χ1v) is 10.6. The molecule has 0 aliphatic carbocycles. The van der Waals surface area contributed by atoms with E-state index in [2.05, 4.69) is 23.9 Å². The molecular weight excluding hydrogens is 402 g/mol. The standard InChI is InChI=1S/C24H30F2N2O3/c1-17(2)15-30-16-22(29)13-28(12-18-3-7-20(25)8-4-18)14-23-11-24(27-31-23)19-5-9-21(26)10-6-19/h3-10,17,22-23,29H,11-16H2,1-2H3/t22-,23-/m0/s1. The quantitative estimate of drug-likeness (QED) is 0.583. The fraction of sp³-hybridized carbons (Fsp3) is 0.458. The summed E-state index contributed by atoms with van der Waals surface area (Å²) in [4.78, 5) is 7.67. The summed E-state index contributed by atoms with van der Waals surface area (Å²) >= 11 is 0. The highest BCUT2D eigenvalue weighted by Crippen LogP contribution is 2.19. The maximum absolute atomic E-state index is 13.3. The lowest BCUT2D eigenvalue weighted by Gasteiger charge is -2.27. The van der Waals surface area contributed by atoms with E-state index in [0.717, 1.165) is 16.8 Å². The second kappa shape index (κ2) is 11.3. The minimum absolute atomic E-state index is 0.190. The van der Waals surface area contributed by atoms with E-state index >= 15 is 0 Å². The molecule has 1 heterocycles. The van der Waals surface area contributed by atoms with E-state index in [4.69, 9.17) is 9.57 Å². The first kappa shape index (κ1) is 23.3. The smallest absolute Gasteiger partial charge is 0.145 e. The molecule has 1 aliphatic rings. The van der Waals surface area contributed by atoms with E-state index < -0.39 is 6.10 Å².